The van der Waals surface area contributed by atoms with Crippen LogP contribution in [-0.4, -0.2) is 0 Å². The fourth-order valence-electron chi connectivity index (χ4n) is 11.3. The Bertz CT molecular complexity index is 3340. The summed E-state index contributed by atoms with van der Waals surface area (Å²) in [5.41, 5.74) is 17.0. The van der Waals surface area contributed by atoms with Crippen LogP contribution in [0.2, 0.25) is 0 Å². The summed E-state index contributed by atoms with van der Waals surface area (Å²) in [7, 11) is 0. The van der Waals surface area contributed by atoms with Crippen molar-refractivity contribution in [2.75, 3.05) is 4.90 Å². The summed E-state index contributed by atoms with van der Waals surface area (Å²) >= 11 is 1.79. The van der Waals surface area contributed by atoms with E-state index < -0.39 is 10.8 Å². The van der Waals surface area contributed by atoms with E-state index in [4.69, 9.17) is 4.74 Å². The first-order chi connectivity index (χ1) is 32.2. The molecule has 1 unspecified atom stereocenters. The number of rotatable bonds is 7. The zero-order valence-corrected chi connectivity index (χ0v) is 36.3. The summed E-state index contributed by atoms with van der Waals surface area (Å²) in [6.45, 7) is 0. The van der Waals surface area contributed by atoms with Crippen LogP contribution in [0.15, 0.2) is 259 Å². The predicted molar refractivity (Wildman–Crippen MR) is 266 cm³/mol. The quantitative estimate of drug-likeness (QED) is 0.159. The van der Waals surface area contributed by atoms with Crippen molar-refractivity contribution >= 4 is 28.8 Å². The molecule has 306 valence electrons. The molecule has 3 heteroatoms. The van der Waals surface area contributed by atoms with Gasteiger partial charge in [-0.1, -0.05) is 206 Å². The van der Waals surface area contributed by atoms with Gasteiger partial charge in [-0.2, -0.15) is 0 Å². The maximum Gasteiger partial charge on any atom is 0.149 e. The molecule has 0 fully saturated rings. The third-order valence-corrected chi connectivity index (χ3v) is 15.0. The van der Waals surface area contributed by atoms with Gasteiger partial charge in [0, 0.05) is 22.6 Å². The Morgan fingerprint density at radius 2 is 0.723 bits per heavy atom. The van der Waals surface area contributed by atoms with E-state index in [2.05, 4.69) is 254 Å². The van der Waals surface area contributed by atoms with Crippen molar-refractivity contribution in [2.24, 2.45) is 0 Å². The second-order valence-corrected chi connectivity index (χ2v) is 18.2. The van der Waals surface area contributed by atoms with E-state index in [1.54, 1.807) is 11.8 Å². The Morgan fingerprint density at radius 3 is 1.31 bits per heavy atom. The molecule has 0 amide bonds. The molecule has 1 heterocycles. The molecule has 2 nitrogen and oxygen atoms in total. The lowest BCUT2D eigenvalue weighted by Gasteiger charge is -2.37. The van der Waals surface area contributed by atoms with Crippen molar-refractivity contribution in [3.63, 3.8) is 0 Å². The van der Waals surface area contributed by atoms with E-state index >= 15 is 0 Å². The number of fused-ring (bicyclic) bond motifs is 9. The molecule has 0 N–H and O–H groups in total. The minimum atomic E-state index is -0.668. The Kier molecular flexibility index (Phi) is 8.62. The minimum absolute atomic E-state index is 0.497. The lowest BCUT2D eigenvalue weighted by Crippen LogP contribution is -2.30. The second kappa shape index (κ2) is 14.9. The van der Waals surface area contributed by atoms with Gasteiger partial charge in [-0.3, -0.25) is 0 Å². The maximum atomic E-state index is 6.98. The van der Waals surface area contributed by atoms with Gasteiger partial charge in [-0.25, -0.2) is 0 Å². The van der Waals surface area contributed by atoms with E-state index in [1.807, 2.05) is 0 Å². The van der Waals surface area contributed by atoms with E-state index in [0.717, 1.165) is 43.9 Å². The SMILES string of the molecule is c1ccc(N(c2ccccc2)c2ccc(C3(c4ccc(C5(c6ccccc6)c6ccccc6-c6ccccc65)cc4)c4ccccc4-c4c3ccc3c4Oc4ccccc4S3)cc2)cc1. The molecule has 0 saturated heterocycles. The third-order valence-electron chi connectivity index (χ3n) is 13.9. The highest BCUT2D eigenvalue weighted by atomic mass is 32.2. The largest absolute Gasteiger partial charge is 0.454 e. The first kappa shape index (κ1) is 37.7. The second-order valence-electron chi connectivity index (χ2n) is 17.1. The summed E-state index contributed by atoms with van der Waals surface area (Å²) < 4.78 is 6.98. The van der Waals surface area contributed by atoms with Gasteiger partial charge in [0.25, 0.3) is 0 Å². The lowest BCUT2D eigenvalue weighted by atomic mass is 9.65. The number of nitrogens with zero attached hydrogens (tertiary/aromatic N) is 1. The lowest BCUT2D eigenvalue weighted by molar-refractivity contribution is 0.456. The monoisotopic (exact) mass is 847 g/mol. The van der Waals surface area contributed by atoms with E-state index in [9.17, 15) is 0 Å². The first-order valence-corrected chi connectivity index (χ1v) is 23.1. The van der Waals surface area contributed by atoms with Gasteiger partial charge in [-0.05, 0) is 116 Å². The molecule has 3 aliphatic rings. The van der Waals surface area contributed by atoms with E-state index in [-0.39, 0.29) is 0 Å². The first-order valence-electron chi connectivity index (χ1n) is 22.3. The zero-order chi connectivity index (χ0) is 43.0. The molecule has 1 atom stereocenters. The molecular weight excluding hydrogens is 807 g/mol. The van der Waals surface area contributed by atoms with Crippen LogP contribution in [0.4, 0.5) is 17.1 Å². The van der Waals surface area contributed by atoms with Crippen LogP contribution in [0.1, 0.15) is 44.5 Å². The van der Waals surface area contributed by atoms with Gasteiger partial charge in [-0.15, -0.1) is 0 Å². The van der Waals surface area contributed by atoms with Crippen molar-refractivity contribution in [3.8, 4) is 33.8 Å². The smallest absolute Gasteiger partial charge is 0.149 e. The van der Waals surface area contributed by atoms with Gasteiger partial charge >= 0.3 is 0 Å². The fraction of sp³-hybridized carbons (Fsp3) is 0.0323. The normalized spacial score (nSPS) is 15.6. The maximum absolute atomic E-state index is 6.98. The molecule has 0 aromatic heterocycles. The zero-order valence-electron chi connectivity index (χ0n) is 35.4. The van der Waals surface area contributed by atoms with Crippen LogP contribution in [-0.2, 0) is 10.8 Å². The molecule has 10 aromatic rings. The van der Waals surface area contributed by atoms with Crippen molar-refractivity contribution < 1.29 is 4.74 Å². The summed E-state index contributed by atoms with van der Waals surface area (Å²) in [4.78, 5) is 4.59. The topological polar surface area (TPSA) is 12.5 Å². The van der Waals surface area contributed by atoms with Gasteiger partial charge in [0.05, 0.1) is 20.6 Å². The van der Waals surface area contributed by atoms with E-state index in [0.29, 0.717) is 0 Å². The highest BCUT2D eigenvalue weighted by Crippen LogP contribution is 2.63. The predicted octanol–water partition coefficient (Wildman–Crippen LogP) is 16.1. The van der Waals surface area contributed by atoms with Gasteiger partial charge in [0.2, 0.25) is 0 Å². The third kappa shape index (κ3) is 5.49. The Balaban J connectivity index is 1.05. The number of para-hydroxylation sites is 3. The molecule has 2 aliphatic carbocycles. The molecule has 1 aliphatic heterocycles. The van der Waals surface area contributed by atoms with Gasteiger partial charge in [0.15, 0.2) is 0 Å². The number of hydrogen-bond donors (Lipinski definition) is 0. The van der Waals surface area contributed by atoms with Crippen LogP contribution in [0.5, 0.6) is 11.5 Å². The van der Waals surface area contributed by atoms with Crippen LogP contribution >= 0.6 is 11.8 Å². The minimum Gasteiger partial charge on any atom is -0.454 e. The molecule has 0 bridgehead atoms. The van der Waals surface area contributed by atoms with Crippen LogP contribution < -0.4 is 9.64 Å². The van der Waals surface area contributed by atoms with Crippen molar-refractivity contribution in [2.45, 2.75) is 20.6 Å². The van der Waals surface area contributed by atoms with Crippen molar-refractivity contribution in [1.82, 2.24) is 0 Å². The Hall–Kier alpha value is -7.85. The highest BCUT2D eigenvalue weighted by molar-refractivity contribution is 7.99. The number of hydrogen-bond acceptors (Lipinski definition) is 3. The van der Waals surface area contributed by atoms with Crippen LogP contribution in [0.25, 0.3) is 22.3 Å². The van der Waals surface area contributed by atoms with Gasteiger partial charge < -0.3 is 9.64 Å². The van der Waals surface area contributed by atoms with E-state index in [1.165, 1.54) is 61.2 Å². The Labute approximate surface area is 384 Å². The standard InChI is InChI=1S/C62H41NOS/c1-4-18-42(19-5-1)61(52-27-13-10-24-49(52)50-25-11-14-28-53(50)61)43-32-34-44(35-33-43)62(45-36-38-48(39-37-45)63(46-20-6-2-7-21-46)47-22-8-3-9-23-47)54-29-15-12-26-51(54)59-55(62)40-41-58-60(59)64-56-30-16-17-31-57(56)65-58/h1-41H. The molecule has 0 saturated carbocycles. The average molecular weight is 848 g/mol. The molecule has 10 aromatic carbocycles. The molecule has 65 heavy (non-hydrogen) atoms. The van der Waals surface area contributed by atoms with Crippen molar-refractivity contribution in [1.29, 1.82) is 0 Å². The average Bonchev–Trinajstić information content (AvgIpc) is 3.86. The summed E-state index contributed by atoms with van der Waals surface area (Å²) in [5, 5.41) is 0. The molecule has 13 rings (SSSR count). The highest BCUT2D eigenvalue weighted by Gasteiger charge is 2.50. The van der Waals surface area contributed by atoms with Crippen LogP contribution in [0, 0.1) is 0 Å². The molecule has 0 radical (unpaired) electrons. The Morgan fingerprint density at radius 1 is 0.308 bits per heavy atom. The molecular formula is C62H41NOS. The molecule has 0 spiro atoms. The summed E-state index contributed by atoms with van der Waals surface area (Å²) in [5.74, 6) is 1.82. The number of anilines is 3. The van der Waals surface area contributed by atoms with Gasteiger partial charge in [0.1, 0.15) is 11.5 Å². The number of benzene rings is 10. The number of ether oxygens (including phenoxy) is 1. The van der Waals surface area contributed by atoms with Crippen molar-refractivity contribution in [3.05, 3.63) is 293 Å². The fourth-order valence-corrected chi connectivity index (χ4v) is 12.2. The summed E-state index contributed by atoms with van der Waals surface area (Å²) in [6, 6.07) is 91.3. The van der Waals surface area contributed by atoms with Crippen LogP contribution in [0.3, 0.4) is 0 Å². The summed E-state index contributed by atoms with van der Waals surface area (Å²) in [6.07, 6.45) is 0.